The summed E-state index contributed by atoms with van der Waals surface area (Å²) in [5.74, 6) is 1.63. The first-order chi connectivity index (χ1) is 13.3. The lowest BCUT2D eigenvalue weighted by Gasteiger charge is -2.43. The summed E-state index contributed by atoms with van der Waals surface area (Å²) in [5.41, 5.74) is 1.65. The second kappa shape index (κ2) is 9.02. The summed E-state index contributed by atoms with van der Waals surface area (Å²) < 4.78 is 5.64. The lowest BCUT2D eigenvalue weighted by molar-refractivity contribution is 0.0307. The van der Waals surface area contributed by atoms with Gasteiger partial charge in [0.15, 0.2) is 0 Å². The van der Waals surface area contributed by atoms with Gasteiger partial charge in [-0.1, -0.05) is 25.3 Å². The van der Waals surface area contributed by atoms with E-state index in [2.05, 4.69) is 26.9 Å². The molecule has 0 radical (unpaired) electrons. The lowest BCUT2D eigenvalue weighted by Crippen LogP contribution is -2.46. The molecule has 2 saturated heterocycles. The summed E-state index contributed by atoms with van der Waals surface area (Å²) in [4.78, 5) is 9.94. The third-order valence-electron chi connectivity index (χ3n) is 7.46. The maximum atomic E-state index is 5.64. The number of ether oxygens (including phenoxy) is 1. The number of hydrogen-bond donors (Lipinski definition) is 0. The van der Waals surface area contributed by atoms with Crippen LogP contribution in [0, 0.1) is 17.3 Å². The van der Waals surface area contributed by atoms with Crippen LogP contribution in [0.3, 0.4) is 0 Å². The van der Waals surface area contributed by atoms with E-state index >= 15 is 0 Å². The highest BCUT2D eigenvalue weighted by molar-refractivity contribution is 5.06. The number of aromatic nitrogens is 1. The van der Waals surface area contributed by atoms with Crippen LogP contribution in [0.1, 0.15) is 50.6 Å². The van der Waals surface area contributed by atoms with E-state index < -0.39 is 0 Å². The maximum absolute atomic E-state index is 5.64. The largest absolute Gasteiger partial charge is 0.384 e. The summed E-state index contributed by atoms with van der Waals surface area (Å²) in [6.45, 7) is 8.18. The van der Waals surface area contributed by atoms with Gasteiger partial charge in [0, 0.05) is 45.4 Å². The zero-order valence-corrected chi connectivity index (χ0v) is 17.1. The Hall–Kier alpha value is -0.970. The fourth-order valence-electron chi connectivity index (χ4n) is 5.90. The van der Waals surface area contributed by atoms with Crippen LogP contribution >= 0.6 is 0 Å². The van der Waals surface area contributed by atoms with Crippen molar-refractivity contribution in [3.8, 4) is 0 Å². The lowest BCUT2D eigenvalue weighted by atomic mass is 9.71. The molecule has 0 unspecified atom stereocenters. The SMILES string of the molecule is COC[C@@H]1CN(Cc2ccccn2)CC12CCN(CC1CCCCC1)CC2. The van der Waals surface area contributed by atoms with Crippen LogP contribution in [0.2, 0.25) is 0 Å². The van der Waals surface area contributed by atoms with Gasteiger partial charge in [0.25, 0.3) is 0 Å². The predicted molar refractivity (Wildman–Crippen MR) is 110 cm³/mol. The second-order valence-electron chi connectivity index (χ2n) is 9.31. The monoisotopic (exact) mass is 371 g/mol. The Morgan fingerprint density at radius 2 is 1.93 bits per heavy atom. The van der Waals surface area contributed by atoms with Gasteiger partial charge in [0.2, 0.25) is 0 Å². The number of rotatable bonds is 6. The minimum atomic E-state index is 0.452. The standard InChI is InChI=1S/C23H37N3O/c1-27-18-21-16-26(17-22-9-5-6-12-24-22)19-23(21)10-13-25(14-11-23)15-20-7-3-2-4-8-20/h5-6,9,12,20-21H,2-4,7-8,10-11,13-19H2,1H3/t21-/m0/s1. The number of piperidine rings is 1. The normalized spacial score (nSPS) is 27.4. The van der Waals surface area contributed by atoms with Crippen LogP contribution in [0.25, 0.3) is 0 Å². The third-order valence-corrected chi connectivity index (χ3v) is 7.46. The Kier molecular flexibility index (Phi) is 6.46. The van der Waals surface area contributed by atoms with Crippen molar-refractivity contribution in [2.45, 2.75) is 51.5 Å². The van der Waals surface area contributed by atoms with Crippen LogP contribution in [0.15, 0.2) is 24.4 Å². The molecule has 3 aliphatic rings. The first-order valence-corrected chi connectivity index (χ1v) is 11.1. The molecule has 27 heavy (non-hydrogen) atoms. The summed E-state index contributed by atoms with van der Waals surface area (Å²) in [6, 6.07) is 6.26. The Morgan fingerprint density at radius 3 is 2.63 bits per heavy atom. The van der Waals surface area contributed by atoms with E-state index in [9.17, 15) is 0 Å². The van der Waals surface area contributed by atoms with Gasteiger partial charge in [-0.2, -0.15) is 0 Å². The molecule has 1 aromatic rings. The average molecular weight is 372 g/mol. The molecule has 4 nitrogen and oxygen atoms in total. The molecule has 4 rings (SSSR count). The molecule has 3 heterocycles. The van der Waals surface area contributed by atoms with E-state index in [4.69, 9.17) is 4.74 Å². The Labute approximate surface area is 165 Å². The van der Waals surface area contributed by atoms with Gasteiger partial charge in [-0.05, 0) is 62.2 Å². The predicted octanol–water partition coefficient (Wildman–Crippen LogP) is 3.82. The van der Waals surface area contributed by atoms with Crippen molar-refractivity contribution in [1.82, 2.24) is 14.8 Å². The van der Waals surface area contributed by atoms with E-state index in [1.54, 1.807) is 0 Å². The van der Waals surface area contributed by atoms with Gasteiger partial charge in [-0.15, -0.1) is 0 Å². The van der Waals surface area contributed by atoms with Crippen molar-refractivity contribution in [1.29, 1.82) is 0 Å². The van der Waals surface area contributed by atoms with Gasteiger partial charge in [0.05, 0.1) is 12.3 Å². The van der Waals surface area contributed by atoms with Crippen molar-refractivity contribution in [2.24, 2.45) is 17.3 Å². The smallest absolute Gasteiger partial charge is 0.0543 e. The molecule has 0 aromatic carbocycles. The quantitative estimate of drug-likeness (QED) is 0.760. The van der Waals surface area contributed by atoms with Crippen molar-refractivity contribution in [3.05, 3.63) is 30.1 Å². The highest BCUT2D eigenvalue weighted by Gasteiger charge is 2.47. The van der Waals surface area contributed by atoms with Crippen molar-refractivity contribution >= 4 is 0 Å². The van der Waals surface area contributed by atoms with E-state index in [0.29, 0.717) is 11.3 Å². The summed E-state index contributed by atoms with van der Waals surface area (Å²) >= 11 is 0. The molecule has 1 aliphatic carbocycles. The Bertz CT molecular complexity index is 564. The van der Waals surface area contributed by atoms with Crippen LogP contribution < -0.4 is 0 Å². The molecule has 1 atom stereocenters. The topological polar surface area (TPSA) is 28.6 Å². The van der Waals surface area contributed by atoms with Crippen LogP contribution in [-0.2, 0) is 11.3 Å². The summed E-state index contributed by atoms with van der Waals surface area (Å²) in [7, 11) is 1.87. The Balaban J connectivity index is 1.34. The van der Waals surface area contributed by atoms with Gasteiger partial charge in [-0.25, -0.2) is 0 Å². The minimum absolute atomic E-state index is 0.452. The molecule has 0 bridgehead atoms. The molecule has 4 heteroatoms. The van der Waals surface area contributed by atoms with Gasteiger partial charge in [0.1, 0.15) is 0 Å². The molecule has 0 N–H and O–H groups in total. The molecule has 2 aliphatic heterocycles. The molecule has 150 valence electrons. The first-order valence-electron chi connectivity index (χ1n) is 11.1. The fraction of sp³-hybridized carbons (Fsp3) is 0.783. The number of nitrogens with zero attached hydrogens (tertiary/aromatic N) is 3. The number of pyridine rings is 1. The van der Waals surface area contributed by atoms with Gasteiger partial charge >= 0.3 is 0 Å². The fourth-order valence-corrected chi connectivity index (χ4v) is 5.90. The molecule has 1 saturated carbocycles. The molecule has 0 amide bonds. The number of likely N-dealkylation sites (tertiary alicyclic amines) is 2. The first kappa shape index (κ1) is 19.4. The Morgan fingerprint density at radius 1 is 1.11 bits per heavy atom. The van der Waals surface area contributed by atoms with Crippen LogP contribution in [0.5, 0.6) is 0 Å². The molecule has 1 aromatic heterocycles. The van der Waals surface area contributed by atoms with Crippen LogP contribution in [-0.4, -0.2) is 61.2 Å². The highest BCUT2D eigenvalue weighted by atomic mass is 16.5. The van der Waals surface area contributed by atoms with E-state index in [0.717, 1.165) is 25.6 Å². The molecule has 1 spiro atoms. The number of hydrogen-bond acceptors (Lipinski definition) is 4. The van der Waals surface area contributed by atoms with Crippen molar-refractivity contribution in [3.63, 3.8) is 0 Å². The minimum Gasteiger partial charge on any atom is -0.384 e. The molecular weight excluding hydrogens is 334 g/mol. The van der Waals surface area contributed by atoms with Gasteiger partial charge in [-0.3, -0.25) is 9.88 Å². The molecule has 3 fully saturated rings. The van der Waals surface area contributed by atoms with Crippen molar-refractivity contribution in [2.75, 3.05) is 46.4 Å². The highest BCUT2D eigenvalue weighted by Crippen LogP contribution is 2.45. The van der Waals surface area contributed by atoms with E-state index in [1.165, 1.54) is 76.8 Å². The van der Waals surface area contributed by atoms with E-state index in [-0.39, 0.29) is 0 Å². The van der Waals surface area contributed by atoms with E-state index in [1.807, 2.05) is 19.4 Å². The molecular formula is C23H37N3O. The maximum Gasteiger partial charge on any atom is 0.0543 e. The van der Waals surface area contributed by atoms with Crippen molar-refractivity contribution < 1.29 is 4.74 Å². The zero-order valence-electron chi connectivity index (χ0n) is 17.1. The number of methoxy groups -OCH3 is 1. The van der Waals surface area contributed by atoms with Crippen LogP contribution in [0.4, 0.5) is 0 Å². The van der Waals surface area contributed by atoms with Gasteiger partial charge < -0.3 is 9.64 Å². The third kappa shape index (κ3) is 4.72. The zero-order chi connectivity index (χ0) is 18.5. The average Bonchev–Trinajstić information content (AvgIpc) is 3.02. The summed E-state index contributed by atoms with van der Waals surface area (Å²) in [6.07, 6.45) is 11.9. The second-order valence-corrected chi connectivity index (χ2v) is 9.31. The summed E-state index contributed by atoms with van der Waals surface area (Å²) in [5, 5.41) is 0.